The summed E-state index contributed by atoms with van der Waals surface area (Å²) in [6.45, 7) is 4.67. The molecule has 5 heteroatoms. The van der Waals surface area contributed by atoms with E-state index in [-0.39, 0.29) is 12.1 Å². The second kappa shape index (κ2) is 7.09. The van der Waals surface area contributed by atoms with Crippen molar-refractivity contribution in [2.24, 2.45) is 0 Å². The highest BCUT2D eigenvalue weighted by atomic mass is 16.5. The molecule has 1 aromatic rings. The average Bonchev–Trinajstić information content (AvgIpc) is 2.56. The lowest BCUT2D eigenvalue weighted by Crippen LogP contribution is -2.49. The molecule has 2 rings (SSSR count). The predicted octanol–water partition coefficient (Wildman–Crippen LogP) is 2.20. The first-order valence-corrected chi connectivity index (χ1v) is 7.25. The third-order valence-electron chi connectivity index (χ3n) is 3.94. The van der Waals surface area contributed by atoms with Crippen molar-refractivity contribution in [3.05, 3.63) is 35.4 Å². The summed E-state index contributed by atoms with van der Waals surface area (Å²) < 4.78 is 4.73. The molecule has 1 saturated heterocycles. The highest BCUT2D eigenvalue weighted by molar-refractivity contribution is 5.67. The Hall–Kier alpha value is -2.06. The van der Waals surface area contributed by atoms with Crippen LogP contribution in [0, 0.1) is 11.3 Å². The molecule has 0 bridgehead atoms. The van der Waals surface area contributed by atoms with Crippen molar-refractivity contribution in [1.82, 2.24) is 9.80 Å². The first-order chi connectivity index (χ1) is 10.2. The highest BCUT2D eigenvalue weighted by Gasteiger charge is 2.27. The Balaban J connectivity index is 2.02. The second-order valence-corrected chi connectivity index (χ2v) is 5.12. The lowest BCUT2D eigenvalue weighted by Gasteiger charge is -2.36. The number of methoxy groups -OCH3 is 1. The fraction of sp³-hybridized carbons (Fsp3) is 0.500. The maximum absolute atomic E-state index is 11.5. The molecule has 1 unspecified atom stereocenters. The molecule has 0 saturated carbocycles. The normalized spacial score (nSPS) is 17.1. The minimum Gasteiger partial charge on any atom is -0.453 e. The van der Waals surface area contributed by atoms with Crippen LogP contribution in [0.2, 0.25) is 0 Å². The average molecular weight is 287 g/mol. The van der Waals surface area contributed by atoms with E-state index >= 15 is 0 Å². The van der Waals surface area contributed by atoms with Crippen molar-refractivity contribution in [3.8, 4) is 6.07 Å². The molecule has 0 aromatic heterocycles. The van der Waals surface area contributed by atoms with Gasteiger partial charge >= 0.3 is 6.09 Å². The fourth-order valence-corrected chi connectivity index (χ4v) is 2.59. The molecular weight excluding hydrogens is 266 g/mol. The van der Waals surface area contributed by atoms with Gasteiger partial charge in [0.05, 0.1) is 13.2 Å². The van der Waals surface area contributed by atoms with E-state index in [0.717, 1.165) is 12.0 Å². The third-order valence-corrected chi connectivity index (χ3v) is 3.94. The molecule has 1 aromatic carbocycles. The second-order valence-electron chi connectivity index (χ2n) is 5.12. The molecule has 1 aliphatic rings. The Morgan fingerprint density at radius 1 is 1.29 bits per heavy atom. The van der Waals surface area contributed by atoms with Crippen LogP contribution in [0.4, 0.5) is 4.79 Å². The lowest BCUT2D eigenvalue weighted by atomic mass is 10.0. The summed E-state index contributed by atoms with van der Waals surface area (Å²) in [5.41, 5.74) is 2.28. The summed E-state index contributed by atoms with van der Waals surface area (Å²) >= 11 is 0. The van der Waals surface area contributed by atoms with E-state index < -0.39 is 0 Å². The van der Waals surface area contributed by atoms with Crippen LogP contribution in [-0.4, -0.2) is 49.2 Å². The number of rotatable bonds is 3. The van der Waals surface area contributed by atoms with Crippen molar-refractivity contribution >= 4 is 6.09 Å². The van der Waals surface area contributed by atoms with Crippen LogP contribution in [-0.2, 0) is 11.2 Å². The molecular formula is C16H21N3O2. The van der Waals surface area contributed by atoms with Gasteiger partial charge < -0.3 is 9.64 Å². The number of hydrogen-bond acceptors (Lipinski definition) is 4. The number of piperazine rings is 1. The smallest absolute Gasteiger partial charge is 0.409 e. The number of benzene rings is 1. The first kappa shape index (κ1) is 15.3. The Bertz CT molecular complexity index is 513. The first-order valence-electron chi connectivity index (χ1n) is 7.25. The molecule has 1 heterocycles. The number of carbonyl (C=O) groups excluding carboxylic acids is 1. The van der Waals surface area contributed by atoms with Gasteiger partial charge in [-0.3, -0.25) is 4.90 Å². The molecule has 1 aliphatic heterocycles. The zero-order valence-electron chi connectivity index (χ0n) is 12.6. The molecule has 0 spiro atoms. The van der Waals surface area contributed by atoms with Crippen LogP contribution >= 0.6 is 0 Å². The summed E-state index contributed by atoms with van der Waals surface area (Å²) in [6.07, 6.45) is 0.699. The number of carbonyl (C=O) groups is 1. The highest BCUT2D eigenvalue weighted by Crippen LogP contribution is 2.22. The van der Waals surface area contributed by atoms with E-state index in [0.29, 0.717) is 26.2 Å². The maximum atomic E-state index is 11.5. The van der Waals surface area contributed by atoms with E-state index in [9.17, 15) is 10.1 Å². The van der Waals surface area contributed by atoms with Crippen LogP contribution in [0.3, 0.4) is 0 Å². The van der Waals surface area contributed by atoms with Crippen molar-refractivity contribution in [2.75, 3.05) is 33.3 Å². The lowest BCUT2D eigenvalue weighted by molar-refractivity contribution is 0.0834. The number of nitriles is 1. The monoisotopic (exact) mass is 287 g/mol. The largest absolute Gasteiger partial charge is 0.453 e. The van der Waals surface area contributed by atoms with Gasteiger partial charge in [0.25, 0.3) is 0 Å². The summed E-state index contributed by atoms with van der Waals surface area (Å²) in [5.74, 6) is 0. The van der Waals surface area contributed by atoms with Gasteiger partial charge in [-0.1, -0.05) is 31.2 Å². The van der Waals surface area contributed by atoms with E-state index in [1.54, 1.807) is 4.90 Å². The van der Waals surface area contributed by atoms with E-state index in [2.05, 4.69) is 30.0 Å². The molecule has 0 N–H and O–H groups in total. The third kappa shape index (κ3) is 3.53. The predicted molar refractivity (Wildman–Crippen MR) is 79.7 cm³/mol. The van der Waals surface area contributed by atoms with Crippen molar-refractivity contribution in [3.63, 3.8) is 0 Å². The van der Waals surface area contributed by atoms with Gasteiger partial charge in [-0.15, -0.1) is 0 Å². The molecule has 5 nitrogen and oxygen atoms in total. The van der Waals surface area contributed by atoms with E-state index in [1.165, 1.54) is 12.7 Å². The molecule has 21 heavy (non-hydrogen) atoms. The van der Waals surface area contributed by atoms with Crippen LogP contribution in [0.15, 0.2) is 24.3 Å². The summed E-state index contributed by atoms with van der Waals surface area (Å²) in [6, 6.07) is 10.3. The topological polar surface area (TPSA) is 56.6 Å². The molecule has 0 radical (unpaired) electrons. The quantitative estimate of drug-likeness (QED) is 0.855. The molecule has 0 aliphatic carbocycles. The van der Waals surface area contributed by atoms with Crippen molar-refractivity contribution in [1.29, 1.82) is 5.26 Å². The van der Waals surface area contributed by atoms with Crippen LogP contribution in [0.1, 0.15) is 24.1 Å². The Morgan fingerprint density at radius 2 is 1.90 bits per heavy atom. The number of aryl methyl sites for hydroxylation is 1. The molecule has 112 valence electrons. The van der Waals surface area contributed by atoms with Crippen molar-refractivity contribution in [2.45, 2.75) is 19.4 Å². The number of hydrogen-bond donors (Lipinski definition) is 0. The van der Waals surface area contributed by atoms with Crippen LogP contribution in [0.5, 0.6) is 0 Å². The Kier molecular flexibility index (Phi) is 5.18. The number of nitrogens with zero attached hydrogens (tertiary/aromatic N) is 3. The van der Waals surface area contributed by atoms with Crippen LogP contribution in [0.25, 0.3) is 0 Å². The fourth-order valence-electron chi connectivity index (χ4n) is 2.59. The van der Waals surface area contributed by atoms with Gasteiger partial charge in [0.2, 0.25) is 0 Å². The van der Waals surface area contributed by atoms with E-state index in [1.807, 2.05) is 12.1 Å². The minimum absolute atomic E-state index is 0.254. The number of amides is 1. The van der Waals surface area contributed by atoms with Crippen LogP contribution < -0.4 is 0 Å². The number of ether oxygens (including phenoxy) is 1. The summed E-state index contributed by atoms with van der Waals surface area (Å²) in [4.78, 5) is 15.3. The maximum Gasteiger partial charge on any atom is 0.409 e. The zero-order valence-corrected chi connectivity index (χ0v) is 12.6. The van der Waals surface area contributed by atoms with Gasteiger partial charge in [-0.2, -0.15) is 5.26 Å². The molecule has 1 atom stereocenters. The van der Waals surface area contributed by atoms with Gasteiger partial charge in [0.1, 0.15) is 6.04 Å². The Labute approximate surface area is 125 Å². The van der Waals surface area contributed by atoms with Crippen molar-refractivity contribution < 1.29 is 9.53 Å². The molecule has 1 amide bonds. The van der Waals surface area contributed by atoms with Gasteiger partial charge in [-0.25, -0.2) is 4.79 Å². The SMILES string of the molecule is CCc1ccc(C(C#N)N2CCN(C(=O)OC)CC2)cc1. The standard InChI is InChI=1S/C16H21N3O2/c1-3-13-4-6-14(7-5-13)15(12-17)18-8-10-19(11-9-18)16(20)21-2/h4-7,15H,3,8-11H2,1-2H3. The van der Waals surface area contributed by atoms with Gasteiger partial charge in [-0.05, 0) is 17.5 Å². The van der Waals surface area contributed by atoms with Gasteiger partial charge in [0, 0.05) is 26.2 Å². The zero-order chi connectivity index (χ0) is 15.2. The Morgan fingerprint density at radius 3 is 2.38 bits per heavy atom. The summed E-state index contributed by atoms with van der Waals surface area (Å²) in [5, 5.41) is 9.48. The van der Waals surface area contributed by atoms with Gasteiger partial charge in [0.15, 0.2) is 0 Å². The minimum atomic E-state index is -0.296. The molecule has 1 fully saturated rings. The summed E-state index contributed by atoms with van der Waals surface area (Å²) in [7, 11) is 1.39. The van der Waals surface area contributed by atoms with E-state index in [4.69, 9.17) is 4.74 Å².